The lowest BCUT2D eigenvalue weighted by atomic mass is 10.1. The lowest BCUT2D eigenvalue weighted by molar-refractivity contribution is -0.00000562. The van der Waals surface area contributed by atoms with E-state index in [0.717, 1.165) is 34.0 Å². The van der Waals surface area contributed by atoms with Crippen LogP contribution in [0.15, 0.2) is 95.3 Å². The highest BCUT2D eigenvalue weighted by Gasteiger charge is 2.09. The number of hydrogen-bond donors (Lipinski definition) is 0. The molecule has 0 aliphatic heterocycles. The summed E-state index contributed by atoms with van der Waals surface area (Å²) in [5.74, 6) is 0.859. The Balaban J connectivity index is 0.00000225. The van der Waals surface area contributed by atoms with Crippen molar-refractivity contribution in [2.75, 3.05) is 7.11 Å². The van der Waals surface area contributed by atoms with E-state index >= 15 is 0 Å². The summed E-state index contributed by atoms with van der Waals surface area (Å²) in [6.07, 6.45) is 0. The van der Waals surface area contributed by atoms with E-state index in [9.17, 15) is 0 Å². The summed E-state index contributed by atoms with van der Waals surface area (Å²) in [6, 6.07) is 28.7. The second kappa shape index (κ2) is 9.53. The van der Waals surface area contributed by atoms with Crippen molar-refractivity contribution in [2.24, 2.45) is 4.99 Å². The van der Waals surface area contributed by atoms with Crippen LogP contribution in [0.2, 0.25) is 0 Å². The van der Waals surface area contributed by atoms with Gasteiger partial charge in [-0.25, -0.2) is 4.99 Å². The van der Waals surface area contributed by atoms with Gasteiger partial charge in [-0.05, 0) is 47.5 Å². The summed E-state index contributed by atoms with van der Waals surface area (Å²) in [7, 11) is 1.69. The molecule has 0 fully saturated rings. The van der Waals surface area contributed by atoms with Crippen LogP contribution in [0, 0.1) is 0 Å². The third-order valence-corrected chi connectivity index (χ3v) is 5.21. The van der Waals surface area contributed by atoms with Gasteiger partial charge in [-0.1, -0.05) is 48.5 Å². The van der Waals surface area contributed by atoms with E-state index in [1.165, 1.54) is 5.56 Å². The number of methoxy groups -OCH3 is 1. The van der Waals surface area contributed by atoms with E-state index < -0.39 is 0 Å². The van der Waals surface area contributed by atoms with Crippen LogP contribution in [0.4, 0.5) is 5.69 Å². The van der Waals surface area contributed by atoms with E-state index in [4.69, 9.17) is 9.73 Å². The van der Waals surface area contributed by atoms with Crippen LogP contribution in [0.5, 0.6) is 5.75 Å². The van der Waals surface area contributed by atoms with Gasteiger partial charge in [0, 0.05) is 5.38 Å². The van der Waals surface area contributed by atoms with Crippen molar-refractivity contribution in [1.82, 2.24) is 4.57 Å². The number of ether oxygens (including phenoxy) is 1. The van der Waals surface area contributed by atoms with E-state index in [1.807, 2.05) is 48.5 Å². The molecule has 3 aromatic carbocycles. The van der Waals surface area contributed by atoms with Crippen LogP contribution in [-0.2, 0) is 6.54 Å². The summed E-state index contributed by atoms with van der Waals surface area (Å²) in [6.45, 7) is 0.775. The minimum Gasteiger partial charge on any atom is -1.00 e. The molecule has 1 heterocycles. The second-order valence-corrected chi connectivity index (χ2v) is 6.99. The topological polar surface area (TPSA) is 26.5 Å². The van der Waals surface area contributed by atoms with Crippen molar-refractivity contribution in [3.63, 3.8) is 0 Å². The first-order valence-corrected chi connectivity index (χ1v) is 9.68. The van der Waals surface area contributed by atoms with E-state index in [0.29, 0.717) is 0 Å². The van der Waals surface area contributed by atoms with Crippen LogP contribution in [-0.4, -0.2) is 11.7 Å². The molecule has 0 aliphatic carbocycles. The molecule has 0 saturated carbocycles. The van der Waals surface area contributed by atoms with Gasteiger partial charge in [-0.15, -0.1) is 11.3 Å². The van der Waals surface area contributed by atoms with E-state index in [1.54, 1.807) is 18.4 Å². The lowest BCUT2D eigenvalue weighted by Gasteiger charge is -2.10. The number of benzene rings is 3. The number of halogens is 1. The molecule has 0 N–H and O–H groups in total. The van der Waals surface area contributed by atoms with Gasteiger partial charge in [0.25, 0.3) is 0 Å². The predicted octanol–water partition coefficient (Wildman–Crippen LogP) is 2.51. The zero-order chi connectivity index (χ0) is 18.5. The number of para-hydroxylation sites is 1. The van der Waals surface area contributed by atoms with Gasteiger partial charge in [-0.2, -0.15) is 0 Å². The Morgan fingerprint density at radius 2 is 1.50 bits per heavy atom. The first-order chi connectivity index (χ1) is 13.3. The zero-order valence-electron chi connectivity index (χ0n) is 15.5. The molecule has 0 amide bonds. The minimum atomic E-state index is 0. The molecule has 0 radical (unpaired) electrons. The molecular formula is C23H20BrN2OS-. The van der Waals surface area contributed by atoms with Gasteiger partial charge in [0.2, 0.25) is 0 Å². The summed E-state index contributed by atoms with van der Waals surface area (Å²) < 4.78 is 7.57. The van der Waals surface area contributed by atoms with Crippen molar-refractivity contribution in [3.8, 4) is 17.0 Å². The fourth-order valence-corrected chi connectivity index (χ4v) is 3.87. The number of hydrogen-bond acceptors (Lipinski definition) is 3. The van der Waals surface area contributed by atoms with Gasteiger partial charge in [0.05, 0.1) is 25.0 Å². The van der Waals surface area contributed by atoms with Crippen LogP contribution >= 0.6 is 11.3 Å². The third kappa shape index (κ3) is 4.61. The molecule has 4 aromatic rings. The molecule has 5 heteroatoms. The Hall–Kier alpha value is -2.63. The van der Waals surface area contributed by atoms with Gasteiger partial charge >= 0.3 is 0 Å². The maximum Gasteiger partial charge on any atom is 0.190 e. The zero-order valence-corrected chi connectivity index (χ0v) is 17.9. The fourth-order valence-electron chi connectivity index (χ4n) is 2.94. The third-order valence-electron chi connectivity index (χ3n) is 4.35. The summed E-state index contributed by atoms with van der Waals surface area (Å²) in [5, 5.41) is 2.17. The Morgan fingerprint density at radius 1 is 0.857 bits per heavy atom. The summed E-state index contributed by atoms with van der Waals surface area (Å²) >= 11 is 1.66. The molecule has 3 nitrogen and oxygen atoms in total. The Morgan fingerprint density at radius 3 is 2.14 bits per heavy atom. The number of aromatic nitrogens is 1. The molecule has 0 unspecified atom stereocenters. The highest BCUT2D eigenvalue weighted by atomic mass is 79.9. The normalized spacial score (nSPS) is 11.1. The van der Waals surface area contributed by atoms with Crippen molar-refractivity contribution >= 4 is 17.0 Å². The number of rotatable bonds is 5. The molecular weight excluding hydrogens is 432 g/mol. The van der Waals surface area contributed by atoms with E-state index in [2.05, 4.69) is 46.3 Å². The van der Waals surface area contributed by atoms with Crippen molar-refractivity contribution < 1.29 is 21.7 Å². The van der Waals surface area contributed by atoms with Crippen LogP contribution in [0.1, 0.15) is 5.56 Å². The molecule has 0 saturated heterocycles. The van der Waals surface area contributed by atoms with E-state index in [-0.39, 0.29) is 17.0 Å². The van der Waals surface area contributed by atoms with Gasteiger partial charge in [0.15, 0.2) is 4.80 Å². The minimum absolute atomic E-state index is 0. The van der Waals surface area contributed by atoms with Crippen molar-refractivity contribution in [1.29, 1.82) is 0 Å². The monoisotopic (exact) mass is 451 g/mol. The Kier molecular flexibility index (Phi) is 6.85. The molecule has 4 rings (SSSR count). The predicted molar refractivity (Wildman–Crippen MR) is 112 cm³/mol. The maximum atomic E-state index is 5.29. The van der Waals surface area contributed by atoms with Gasteiger partial charge in [-0.3, -0.25) is 0 Å². The van der Waals surface area contributed by atoms with Crippen molar-refractivity contribution in [2.45, 2.75) is 6.54 Å². The molecule has 0 atom stereocenters. The lowest BCUT2D eigenvalue weighted by Crippen LogP contribution is -3.00. The quantitative estimate of drug-likeness (QED) is 0.457. The largest absolute Gasteiger partial charge is 1.00 e. The number of nitrogens with zero attached hydrogens (tertiary/aromatic N) is 2. The molecule has 142 valence electrons. The standard InChI is InChI=1S/C23H20N2OS.BrH/c1-26-21-14-12-19(13-15-21)22-17-27-23(24-20-10-6-3-7-11-20)25(22)16-18-8-4-2-5-9-18;/h2-15,17H,16H2,1H3;1H/p-1. The van der Waals surface area contributed by atoms with Crippen molar-refractivity contribution in [3.05, 3.63) is 101 Å². The highest BCUT2D eigenvalue weighted by molar-refractivity contribution is 7.07. The average Bonchev–Trinajstić information content (AvgIpc) is 3.12. The van der Waals surface area contributed by atoms with Crippen LogP contribution in [0.3, 0.4) is 0 Å². The Labute approximate surface area is 179 Å². The summed E-state index contributed by atoms with van der Waals surface area (Å²) in [5.41, 5.74) is 4.52. The Bertz CT molecular complexity index is 1070. The molecule has 0 aliphatic rings. The summed E-state index contributed by atoms with van der Waals surface area (Å²) in [4.78, 5) is 5.86. The maximum absolute atomic E-state index is 5.29. The average molecular weight is 452 g/mol. The molecule has 28 heavy (non-hydrogen) atoms. The molecule has 1 aromatic heterocycles. The smallest absolute Gasteiger partial charge is 0.190 e. The van der Waals surface area contributed by atoms with Gasteiger partial charge < -0.3 is 26.3 Å². The van der Waals surface area contributed by atoms with Crippen LogP contribution in [0.25, 0.3) is 11.3 Å². The SMILES string of the molecule is COc1ccc(-c2csc(=Nc3ccccc3)n2Cc2ccccc2)cc1.[Br-]. The fraction of sp³-hybridized carbons (Fsp3) is 0.0870. The van der Waals surface area contributed by atoms with Gasteiger partial charge in [0.1, 0.15) is 5.75 Å². The second-order valence-electron chi connectivity index (χ2n) is 6.15. The molecule has 0 spiro atoms. The number of thiazole rings is 1. The van der Waals surface area contributed by atoms with Crippen LogP contribution < -0.4 is 26.5 Å². The molecule has 0 bridgehead atoms. The first-order valence-electron chi connectivity index (χ1n) is 8.80. The highest BCUT2D eigenvalue weighted by Crippen LogP contribution is 2.24. The first kappa shape index (κ1) is 20.1.